The van der Waals surface area contributed by atoms with Crippen LogP contribution in [0.3, 0.4) is 0 Å². The van der Waals surface area contributed by atoms with Crippen molar-refractivity contribution in [1.29, 1.82) is 0 Å². The fourth-order valence-electron chi connectivity index (χ4n) is 2.10. The van der Waals surface area contributed by atoms with E-state index in [1.54, 1.807) is 6.08 Å². The van der Waals surface area contributed by atoms with Crippen molar-refractivity contribution in [2.45, 2.75) is 40.0 Å². The van der Waals surface area contributed by atoms with Gasteiger partial charge in [0, 0.05) is 6.42 Å². The maximum absolute atomic E-state index is 11.8. The van der Waals surface area contributed by atoms with E-state index in [1.165, 1.54) is 5.57 Å². The summed E-state index contributed by atoms with van der Waals surface area (Å²) < 4.78 is 0. The summed E-state index contributed by atoms with van der Waals surface area (Å²) in [4.78, 5) is 11.8. The lowest BCUT2D eigenvalue weighted by Gasteiger charge is -2.26. The number of ketones is 1. The van der Waals surface area contributed by atoms with Crippen molar-refractivity contribution in [3.63, 3.8) is 0 Å². The lowest BCUT2D eigenvalue weighted by Crippen LogP contribution is -2.17. The third-order valence-electron chi connectivity index (χ3n) is 2.60. The Bertz CT molecular complexity index is 329. The number of hydrogen-bond donors (Lipinski definition) is 0. The highest BCUT2D eigenvalue weighted by atomic mass is 16.1. The molecule has 1 heteroatoms. The number of allylic oxidation sites excluding steroid dienone is 5. The van der Waals surface area contributed by atoms with Gasteiger partial charge in [0.05, 0.1) is 0 Å². The second kappa shape index (κ2) is 4.61. The number of carbonyl (C=O) groups is 1. The van der Waals surface area contributed by atoms with Crippen molar-refractivity contribution in [3.8, 4) is 0 Å². The zero-order chi connectivity index (χ0) is 11.5. The molecule has 0 unspecified atom stereocenters. The first-order chi connectivity index (χ1) is 6.94. The lowest BCUT2D eigenvalue weighted by atomic mass is 9.78. The molecule has 1 rings (SSSR count). The molecule has 0 aliphatic heterocycles. The first-order valence-corrected chi connectivity index (χ1v) is 5.49. The number of hydrogen-bond acceptors (Lipinski definition) is 1. The van der Waals surface area contributed by atoms with Gasteiger partial charge in [0.2, 0.25) is 0 Å². The van der Waals surface area contributed by atoms with Crippen LogP contribution in [-0.2, 0) is 4.79 Å². The molecule has 0 aromatic carbocycles. The van der Waals surface area contributed by atoms with E-state index < -0.39 is 0 Å². The van der Waals surface area contributed by atoms with Gasteiger partial charge in [0.15, 0.2) is 5.78 Å². The van der Waals surface area contributed by atoms with Crippen LogP contribution in [0.4, 0.5) is 0 Å². The van der Waals surface area contributed by atoms with Crippen LogP contribution < -0.4 is 0 Å². The van der Waals surface area contributed by atoms with Crippen LogP contribution >= 0.6 is 0 Å². The van der Waals surface area contributed by atoms with E-state index in [2.05, 4.69) is 33.4 Å². The zero-order valence-electron chi connectivity index (χ0n) is 9.97. The van der Waals surface area contributed by atoms with Crippen LogP contribution in [0, 0.1) is 5.41 Å². The maximum atomic E-state index is 11.8. The lowest BCUT2D eigenvalue weighted by molar-refractivity contribution is -0.115. The van der Waals surface area contributed by atoms with Crippen LogP contribution in [0.2, 0.25) is 0 Å². The first kappa shape index (κ1) is 12.0. The SMILES string of the molecule is C=CCCC(=O)C1=CC(C)=CC(C)(C)C1. The molecule has 0 amide bonds. The van der Waals surface area contributed by atoms with Gasteiger partial charge in [-0.25, -0.2) is 0 Å². The third kappa shape index (κ3) is 3.50. The minimum Gasteiger partial charge on any atom is -0.295 e. The molecule has 1 aliphatic rings. The highest BCUT2D eigenvalue weighted by molar-refractivity contribution is 5.96. The predicted octanol–water partition coefficient (Wildman–Crippen LogP) is 3.82. The highest BCUT2D eigenvalue weighted by Crippen LogP contribution is 2.33. The van der Waals surface area contributed by atoms with Crippen LogP contribution in [0.5, 0.6) is 0 Å². The average Bonchev–Trinajstić information content (AvgIpc) is 2.10. The summed E-state index contributed by atoms with van der Waals surface area (Å²) in [6, 6.07) is 0. The van der Waals surface area contributed by atoms with Crippen molar-refractivity contribution in [1.82, 2.24) is 0 Å². The molecular weight excluding hydrogens is 184 g/mol. The normalized spacial score (nSPS) is 19.1. The van der Waals surface area contributed by atoms with Crippen LogP contribution in [0.25, 0.3) is 0 Å². The standard InChI is InChI=1S/C14H20O/c1-5-6-7-13(15)12-8-11(2)9-14(3,4)10-12/h5,8-9H,1,6-7,10H2,2-4H3. The molecule has 0 saturated carbocycles. The molecule has 82 valence electrons. The predicted molar refractivity (Wildman–Crippen MR) is 64.7 cm³/mol. The molecular formula is C14H20O. The Hall–Kier alpha value is -1.11. The Kier molecular flexibility index (Phi) is 3.67. The molecule has 1 aliphatic carbocycles. The molecule has 0 radical (unpaired) electrons. The largest absolute Gasteiger partial charge is 0.295 e. The van der Waals surface area contributed by atoms with E-state index in [9.17, 15) is 4.79 Å². The molecule has 0 fully saturated rings. The average molecular weight is 204 g/mol. The Balaban J connectivity index is 2.75. The van der Waals surface area contributed by atoms with Gasteiger partial charge in [0.25, 0.3) is 0 Å². The van der Waals surface area contributed by atoms with E-state index in [0.717, 1.165) is 18.4 Å². The van der Waals surface area contributed by atoms with Gasteiger partial charge in [-0.2, -0.15) is 0 Å². The molecule has 0 heterocycles. The number of Topliss-reactive ketones (excluding diaryl/α,β-unsaturated/α-hetero) is 1. The van der Waals surface area contributed by atoms with Crippen molar-refractivity contribution in [2.75, 3.05) is 0 Å². The van der Waals surface area contributed by atoms with Gasteiger partial charge in [-0.1, -0.05) is 37.6 Å². The molecule has 0 spiro atoms. The van der Waals surface area contributed by atoms with Gasteiger partial charge in [-0.05, 0) is 30.8 Å². The Morgan fingerprint density at radius 1 is 1.60 bits per heavy atom. The Labute approximate surface area is 92.6 Å². The van der Waals surface area contributed by atoms with Crippen molar-refractivity contribution < 1.29 is 4.79 Å². The molecule has 0 aromatic heterocycles. The minimum atomic E-state index is 0.123. The second-order valence-electron chi connectivity index (χ2n) is 4.97. The third-order valence-corrected chi connectivity index (χ3v) is 2.60. The van der Waals surface area contributed by atoms with Gasteiger partial charge < -0.3 is 0 Å². The van der Waals surface area contributed by atoms with E-state index in [1.807, 2.05) is 6.08 Å². The van der Waals surface area contributed by atoms with E-state index in [0.29, 0.717) is 6.42 Å². The molecule has 0 atom stereocenters. The number of carbonyl (C=O) groups excluding carboxylic acids is 1. The molecule has 0 N–H and O–H groups in total. The molecule has 1 nitrogen and oxygen atoms in total. The fourth-order valence-corrected chi connectivity index (χ4v) is 2.10. The summed E-state index contributed by atoms with van der Waals surface area (Å²) in [6.07, 6.45) is 8.29. The van der Waals surface area contributed by atoms with Gasteiger partial charge in [-0.3, -0.25) is 4.79 Å². The summed E-state index contributed by atoms with van der Waals surface area (Å²) in [5.41, 5.74) is 2.30. The molecule has 0 aromatic rings. The first-order valence-electron chi connectivity index (χ1n) is 5.49. The fraction of sp³-hybridized carbons (Fsp3) is 0.500. The number of rotatable bonds is 4. The van der Waals surface area contributed by atoms with Crippen LogP contribution in [0.15, 0.2) is 36.0 Å². The van der Waals surface area contributed by atoms with E-state index in [4.69, 9.17) is 0 Å². The molecule has 15 heavy (non-hydrogen) atoms. The van der Waals surface area contributed by atoms with Crippen molar-refractivity contribution in [3.05, 3.63) is 36.0 Å². The summed E-state index contributed by atoms with van der Waals surface area (Å²) in [6.45, 7) is 10.0. The molecule has 0 bridgehead atoms. The smallest absolute Gasteiger partial charge is 0.159 e. The summed E-state index contributed by atoms with van der Waals surface area (Å²) in [5.74, 6) is 0.274. The highest BCUT2D eigenvalue weighted by Gasteiger charge is 2.23. The van der Waals surface area contributed by atoms with Crippen molar-refractivity contribution in [2.24, 2.45) is 5.41 Å². The Morgan fingerprint density at radius 2 is 2.27 bits per heavy atom. The zero-order valence-corrected chi connectivity index (χ0v) is 9.97. The maximum Gasteiger partial charge on any atom is 0.159 e. The second-order valence-corrected chi connectivity index (χ2v) is 4.97. The molecule has 0 saturated heterocycles. The summed E-state index contributed by atoms with van der Waals surface area (Å²) in [5, 5.41) is 0. The Morgan fingerprint density at radius 3 is 2.80 bits per heavy atom. The van der Waals surface area contributed by atoms with Gasteiger partial charge in [-0.15, -0.1) is 6.58 Å². The van der Waals surface area contributed by atoms with E-state index in [-0.39, 0.29) is 11.2 Å². The quantitative estimate of drug-likeness (QED) is 0.636. The van der Waals surface area contributed by atoms with Crippen LogP contribution in [-0.4, -0.2) is 5.78 Å². The summed E-state index contributed by atoms with van der Waals surface area (Å²) >= 11 is 0. The van der Waals surface area contributed by atoms with E-state index >= 15 is 0 Å². The summed E-state index contributed by atoms with van der Waals surface area (Å²) in [7, 11) is 0. The van der Waals surface area contributed by atoms with Crippen molar-refractivity contribution >= 4 is 5.78 Å². The topological polar surface area (TPSA) is 17.1 Å². The van der Waals surface area contributed by atoms with Gasteiger partial charge >= 0.3 is 0 Å². The minimum absolute atomic E-state index is 0.123. The monoisotopic (exact) mass is 204 g/mol. The van der Waals surface area contributed by atoms with Gasteiger partial charge in [0.1, 0.15) is 0 Å². The van der Waals surface area contributed by atoms with Crippen LogP contribution in [0.1, 0.15) is 40.0 Å².